The molecule has 0 aliphatic carbocycles. The molecule has 0 radical (unpaired) electrons. The smallest absolute Gasteiger partial charge is 0.257 e. The molecule has 3 N–H and O–H groups in total. The molecule has 0 saturated carbocycles. The fourth-order valence-electron chi connectivity index (χ4n) is 3.94. The number of imidazole rings is 1. The molecule has 2 heterocycles. The van der Waals surface area contributed by atoms with Crippen molar-refractivity contribution in [2.24, 2.45) is 5.41 Å². The van der Waals surface area contributed by atoms with Gasteiger partial charge in [0.25, 0.3) is 5.91 Å². The van der Waals surface area contributed by atoms with Crippen LogP contribution in [-0.2, 0) is 0 Å². The number of hydrogen-bond donors (Lipinski definition) is 3. The van der Waals surface area contributed by atoms with Crippen LogP contribution in [0.3, 0.4) is 0 Å². The van der Waals surface area contributed by atoms with Gasteiger partial charge in [-0.3, -0.25) is 4.79 Å². The SMILES string of the molecule is Cc1nc(NSc2ccc(OCC(C)(C)C)cc2)ccc1C(=O)Nc1ccc(Cl)c(-c2nc3ccccc3[nH]2)c1. The van der Waals surface area contributed by atoms with E-state index in [1.54, 1.807) is 24.3 Å². The number of hydrogen-bond acceptors (Lipinski definition) is 6. The minimum Gasteiger partial charge on any atom is -0.493 e. The van der Waals surface area contributed by atoms with E-state index in [-0.39, 0.29) is 11.3 Å². The van der Waals surface area contributed by atoms with E-state index in [9.17, 15) is 4.79 Å². The summed E-state index contributed by atoms with van der Waals surface area (Å²) in [5.41, 5.74) is 4.27. The molecule has 9 heteroatoms. The molecule has 5 aromatic rings. The van der Waals surface area contributed by atoms with E-state index in [1.807, 2.05) is 61.5 Å². The van der Waals surface area contributed by atoms with Crippen LogP contribution in [0.5, 0.6) is 5.75 Å². The summed E-state index contributed by atoms with van der Waals surface area (Å²) in [5.74, 6) is 1.88. The predicted molar refractivity (Wildman–Crippen MR) is 164 cm³/mol. The first-order valence-electron chi connectivity index (χ1n) is 12.8. The Morgan fingerprint density at radius 1 is 1.00 bits per heavy atom. The number of rotatable bonds is 8. The Labute approximate surface area is 242 Å². The second-order valence-corrected chi connectivity index (χ2v) is 11.9. The minimum absolute atomic E-state index is 0.106. The lowest BCUT2D eigenvalue weighted by Crippen LogP contribution is -2.16. The summed E-state index contributed by atoms with van der Waals surface area (Å²) in [6, 6.07) is 24.5. The van der Waals surface area contributed by atoms with Crippen molar-refractivity contribution >= 4 is 52.0 Å². The van der Waals surface area contributed by atoms with Crippen molar-refractivity contribution in [3.63, 3.8) is 0 Å². The number of amides is 1. The van der Waals surface area contributed by atoms with Crippen LogP contribution >= 0.6 is 23.5 Å². The zero-order valence-corrected chi connectivity index (χ0v) is 24.3. The van der Waals surface area contributed by atoms with Crippen LogP contribution in [0.2, 0.25) is 5.02 Å². The number of carbonyl (C=O) groups is 1. The second kappa shape index (κ2) is 11.6. The summed E-state index contributed by atoms with van der Waals surface area (Å²) in [5, 5.41) is 3.49. The van der Waals surface area contributed by atoms with E-state index in [1.165, 1.54) is 11.9 Å². The van der Waals surface area contributed by atoms with Gasteiger partial charge in [-0.25, -0.2) is 9.97 Å². The normalized spacial score (nSPS) is 11.4. The lowest BCUT2D eigenvalue weighted by Gasteiger charge is -2.18. The molecule has 40 heavy (non-hydrogen) atoms. The summed E-state index contributed by atoms with van der Waals surface area (Å²) in [6.45, 7) is 8.89. The Bertz CT molecular complexity index is 1630. The Morgan fingerprint density at radius 2 is 1.77 bits per heavy atom. The third-order valence-electron chi connectivity index (χ3n) is 5.97. The number of carbonyl (C=O) groups excluding carboxylic acids is 1. The number of aromatic nitrogens is 3. The quantitative estimate of drug-likeness (QED) is 0.162. The number of benzene rings is 3. The molecule has 0 saturated heterocycles. The minimum atomic E-state index is -0.257. The van der Waals surface area contributed by atoms with E-state index in [2.05, 4.69) is 45.8 Å². The molecule has 204 valence electrons. The summed E-state index contributed by atoms with van der Waals surface area (Å²) >= 11 is 7.91. The number of fused-ring (bicyclic) bond motifs is 1. The summed E-state index contributed by atoms with van der Waals surface area (Å²) in [6.07, 6.45) is 0. The number of pyridine rings is 1. The molecule has 1 amide bonds. The van der Waals surface area contributed by atoms with Crippen molar-refractivity contribution in [1.29, 1.82) is 0 Å². The summed E-state index contributed by atoms with van der Waals surface area (Å²) in [4.78, 5) is 26.6. The van der Waals surface area contributed by atoms with Gasteiger partial charge >= 0.3 is 0 Å². The highest BCUT2D eigenvalue weighted by molar-refractivity contribution is 8.00. The number of halogens is 1. The standard InChI is InChI=1S/C31H30ClN5O2S/c1-19-23(14-16-28(33-19)37-40-22-12-10-21(11-13-22)39-18-31(2,3)4)30(38)34-20-9-15-25(32)24(17-20)29-35-26-7-5-6-8-27(26)36-29/h5-17H,18H2,1-4H3,(H,33,37)(H,34,38)(H,35,36). The van der Waals surface area contributed by atoms with E-state index >= 15 is 0 Å². The highest BCUT2D eigenvalue weighted by Crippen LogP contribution is 2.31. The number of para-hydroxylation sites is 2. The van der Waals surface area contributed by atoms with Gasteiger partial charge in [0.15, 0.2) is 0 Å². The molecular weight excluding hydrogens is 542 g/mol. The number of H-pyrrole nitrogens is 1. The van der Waals surface area contributed by atoms with Crippen LogP contribution in [0.1, 0.15) is 36.8 Å². The van der Waals surface area contributed by atoms with Crippen LogP contribution in [0.4, 0.5) is 11.5 Å². The summed E-state index contributed by atoms with van der Waals surface area (Å²) in [7, 11) is 0. The van der Waals surface area contributed by atoms with E-state index in [4.69, 9.17) is 16.3 Å². The molecule has 0 atom stereocenters. The fourth-order valence-corrected chi connectivity index (χ4v) is 4.75. The van der Waals surface area contributed by atoms with Crippen LogP contribution in [0, 0.1) is 12.3 Å². The van der Waals surface area contributed by atoms with Gasteiger partial charge in [0.2, 0.25) is 0 Å². The topological polar surface area (TPSA) is 91.9 Å². The maximum absolute atomic E-state index is 13.1. The Kier molecular flexibility index (Phi) is 8.00. The largest absolute Gasteiger partial charge is 0.493 e. The van der Waals surface area contributed by atoms with E-state index in [0.29, 0.717) is 45.8 Å². The van der Waals surface area contributed by atoms with Crippen molar-refractivity contribution in [3.8, 4) is 17.1 Å². The first-order chi connectivity index (χ1) is 19.1. The zero-order valence-electron chi connectivity index (χ0n) is 22.7. The van der Waals surface area contributed by atoms with Crippen molar-refractivity contribution in [2.45, 2.75) is 32.6 Å². The maximum Gasteiger partial charge on any atom is 0.257 e. The first-order valence-corrected chi connectivity index (χ1v) is 14.0. The lowest BCUT2D eigenvalue weighted by atomic mass is 9.99. The Balaban J connectivity index is 1.22. The van der Waals surface area contributed by atoms with Crippen molar-refractivity contribution < 1.29 is 9.53 Å². The van der Waals surface area contributed by atoms with E-state index in [0.717, 1.165) is 21.7 Å². The van der Waals surface area contributed by atoms with Crippen LogP contribution in [0.15, 0.2) is 83.8 Å². The number of nitrogens with one attached hydrogen (secondary N) is 3. The zero-order chi connectivity index (χ0) is 28.3. The third kappa shape index (κ3) is 6.76. The maximum atomic E-state index is 13.1. The predicted octanol–water partition coefficient (Wildman–Crippen LogP) is 8.38. The fraction of sp³-hybridized carbons (Fsp3) is 0.194. The van der Waals surface area contributed by atoms with Gasteiger partial charge in [-0.05, 0) is 91.0 Å². The molecule has 2 aromatic heterocycles. The van der Waals surface area contributed by atoms with Gasteiger partial charge in [-0.15, -0.1) is 0 Å². The highest BCUT2D eigenvalue weighted by atomic mass is 35.5. The number of aryl methyl sites for hydroxylation is 1. The molecule has 3 aromatic carbocycles. The molecular formula is C31H30ClN5O2S. The molecule has 7 nitrogen and oxygen atoms in total. The van der Waals surface area contributed by atoms with Gasteiger partial charge in [-0.1, -0.05) is 44.5 Å². The molecule has 0 fully saturated rings. The first kappa shape index (κ1) is 27.6. The van der Waals surface area contributed by atoms with Crippen molar-refractivity contribution in [3.05, 3.63) is 95.1 Å². The van der Waals surface area contributed by atoms with Gasteiger partial charge in [0.1, 0.15) is 17.4 Å². The summed E-state index contributed by atoms with van der Waals surface area (Å²) < 4.78 is 9.08. The van der Waals surface area contributed by atoms with Crippen molar-refractivity contribution in [2.75, 3.05) is 16.6 Å². The van der Waals surface area contributed by atoms with Gasteiger partial charge in [-0.2, -0.15) is 0 Å². The van der Waals surface area contributed by atoms with Crippen molar-refractivity contribution in [1.82, 2.24) is 15.0 Å². The highest BCUT2D eigenvalue weighted by Gasteiger charge is 2.15. The average molecular weight is 572 g/mol. The monoisotopic (exact) mass is 571 g/mol. The molecule has 0 aliphatic rings. The lowest BCUT2D eigenvalue weighted by molar-refractivity contribution is 0.102. The Morgan fingerprint density at radius 3 is 2.50 bits per heavy atom. The van der Waals surface area contributed by atoms with Gasteiger partial charge < -0.3 is 19.8 Å². The number of ether oxygens (including phenoxy) is 1. The van der Waals surface area contributed by atoms with Gasteiger partial charge in [0, 0.05) is 16.1 Å². The number of nitrogens with zero attached hydrogens (tertiary/aromatic N) is 2. The molecule has 0 unspecified atom stereocenters. The molecule has 0 bridgehead atoms. The molecule has 0 aliphatic heterocycles. The van der Waals surface area contributed by atoms with Crippen LogP contribution < -0.4 is 14.8 Å². The number of anilines is 2. The second-order valence-electron chi connectivity index (χ2n) is 10.6. The van der Waals surface area contributed by atoms with Crippen LogP contribution in [-0.4, -0.2) is 27.5 Å². The third-order valence-corrected chi connectivity index (χ3v) is 7.12. The number of aromatic amines is 1. The van der Waals surface area contributed by atoms with Crippen LogP contribution in [0.25, 0.3) is 22.4 Å². The Hall–Kier alpha value is -4.01. The van der Waals surface area contributed by atoms with Gasteiger partial charge in [0.05, 0.1) is 33.9 Å². The molecule has 0 spiro atoms. The average Bonchev–Trinajstić information content (AvgIpc) is 3.36. The van der Waals surface area contributed by atoms with E-state index < -0.39 is 0 Å². The molecule has 5 rings (SSSR count).